The van der Waals surface area contributed by atoms with Crippen LogP contribution in [0, 0.1) is 19.8 Å². The smallest absolute Gasteiger partial charge is 0.228 e. The van der Waals surface area contributed by atoms with E-state index >= 15 is 0 Å². The van der Waals surface area contributed by atoms with Gasteiger partial charge < -0.3 is 14.7 Å². The first-order chi connectivity index (χ1) is 13.5. The Morgan fingerprint density at radius 1 is 0.964 bits per heavy atom. The minimum absolute atomic E-state index is 0.0509. The van der Waals surface area contributed by atoms with Gasteiger partial charge in [0.25, 0.3) is 0 Å². The number of carbonyl (C=O) groups is 2. The fraction of sp³-hybridized carbons (Fsp3) is 0.391. The summed E-state index contributed by atoms with van der Waals surface area (Å²) < 4.78 is 0. The van der Waals surface area contributed by atoms with Crippen LogP contribution < -0.4 is 9.80 Å². The van der Waals surface area contributed by atoms with Crippen LogP contribution in [0.4, 0.5) is 11.4 Å². The van der Waals surface area contributed by atoms with Crippen LogP contribution >= 0.6 is 0 Å². The van der Waals surface area contributed by atoms with Gasteiger partial charge in [-0.2, -0.15) is 0 Å². The van der Waals surface area contributed by atoms with E-state index in [0.29, 0.717) is 26.1 Å². The number of hydrogen-bond donors (Lipinski definition) is 0. The first-order valence-electron chi connectivity index (χ1n) is 9.99. The monoisotopic (exact) mass is 377 g/mol. The molecule has 2 heterocycles. The van der Waals surface area contributed by atoms with Gasteiger partial charge in [0.2, 0.25) is 11.8 Å². The van der Waals surface area contributed by atoms with E-state index in [1.807, 2.05) is 55.1 Å². The molecule has 146 valence electrons. The van der Waals surface area contributed by atoms with Crippen molar-refractivity contribution in [2.75, 3.05) is 42.5 Å². The second-order valence-corrected chi connectivity index (χ2v) is 7.84. The van der Waals surface area contributed by atoms with Crippen LogP contribution in [0.5, 0.6) is 0 Å². The predicted molar refractivity (Wildman–Crippen MR) is 112 cm³/mol. The molecule has 0 saturated carbocycles. The zero-order valence-electron chi connectivity index (χ0n) is 16.6. The summed E-state index contributed by atoms with van der Waals surface area (Å²) in [6.07, 6.45) is 0.311. The van der Waals surface area contributed by atoms with Gasteiger partial charge in [-0.15, -0.1) is 0 Å². The Labute approximate surface area is 166 Å². The van der Waals surface area contributed by atoms with Crippen molar-refractivity contribution < 1.29 is 9.59 Å². The summed E-state index contributed by atoms with van der Waals surface area (Å²) in [5.74, 6) is -0.0699. The molecule has 2 fully saturated rings. The number of anilines is 2. The van der Waals surface area contributed by atoms with Gasteiger partial charge in [-0.1, -0.05) is 30.3 Å². The molecule has 0 aromatic heterocycles. The van der Waals surface area contributed by atoms with Gasteiger partial charge >= 0.3 is 0 Å². The number of carbonyl (C=O) groups excluding carboxylic acids is 2. The maximum absolute atomic E-state index is 13.0. The fourth-order valence-corrected chi connectivity index (χ4v) is 4.20. The molecule has 0 aliphatic carbocycles. The number of para-hydroxylation sites is 1. The Morgan fingerprint density at radius 2 is 1.68 bits per heavy atom. The molecular formula is C23H27N3O2. The number of amides is 2. The summed E-state index contributed by atoms with van der Waals surface area (Å²) >= 11 is 0. The number of aryl methyl sites for hydroxylation is 2. The largest absolute Gasteiger partial charge is 0.368 e. The zero-order chi connectivity index (χ0) is 19.7. The van der Waals surface area contributed by atoms with E-state index in [-0.39, 0.29) is 17.7 Å². The van der Waals surface area contributed by atoms with Gasteiger partial charge in [0, 0.05) is 50.5 Å². The van der Waals surface area contributed by atoms with Crippen LogP contribution in [0.25, 0.3) is 0 Å². The van der Waals surface area contributed by atoms with E-state index in [9.17, 15) is 9.59 Å². The van der Waals surface area contributed by atoms with Crippen LogP contribution in [0.1, 0.15) is 17.5 Å². The molecule has 2 aliphatic heterocycles. The second kappa shape index (κ2) is 7.66. The van der Waals surface area contributed by atoms with Crippen molar-refractivity contribution in [1.29, 1.82) is 0 Å². The highest BCUT2D eigenvalue weighted by Crippen LogP contribution is 2.30. The lowest BCUT2D eigenvalue weighted by Gasteiger charge is -2.37. The number of piperazine rings is 1. The molecule has 2 aromatic rings. The number of nitrogens with zero attached hydrogens (tertiary/aromatic N) is 3. The van der Waals surface area contributed by atoms with Crippen molar-refractivity contribution in [2.45, 2.75) is 20.3 Å². The number of hydrogen-bond acceptors (Lipinski definition) is 3. The van der Waals surface area contributed by atoms with Crippen molar-refractivity contribution in [3.05, 3.63) is 59.7 Å². The molecule has 2 saturated heterocycles. The van der Waals surface area contributed by atoms with Crippen LogP contribution in [0.2, 0.25) is 0 Å². The molecule has 2 aromatic carbocycles. The van der Waals surface area contributed by atoms with Crippen molar-refractivity contribution in [3.63, 3.8) is 0 Å². The van der Waals surface area contributed by atoms with Gasteiger partial charge in [-0.3, -0.25) is 9.59 Å². The fourth-order valence-electron chi connectivity index (χ4n) is 4.20. The zero-order valence-corrected chi connectivity index (χ0v) is 16.6. The molecule has 5 heteroatoms. The third kappa shape index (κ3) is 3.61. The summed E-state index contributed by atoms with van der Waals surface area (Å²) in [4.78, 5) is 31.7. The Hall–Kier alpha value is -2.82. The Bertz CT molecular complexity index is 873. The van der Waals surface area contributed by atoms with Gasteiger partial charge in [0.15, 0.2) is 0 Å². The third-order valence-electron chi connectivity index (χ3n) is 5.84. The Morgan fingerprint density at radius 3 is 2.39 bits per heavy atom. The summed E-state index contributed by atoms with van der Waals surface area (Å²) in [6.45, 7) is 7.61. The first kappa shape index (κ1) is 18.5. The maximum Gasteiger partial charge on any atom is 0.228 e. The highest BCUT2D eigenvalue weighted by atomic mass is 16.2. The quantitative estimate of drug-likeness (QED) is 0.826. The maximum atomic E-state index is 13.0. The van der Waals surface area contributed by atoms with Crippen LogP contribution in [-0.4, -0.2) is 49.4 Å². The summed E-state index contributed by atoms with van der Waals surface area (Å²) in [7, 11) is 0. The van der Waals surface area contributed by atoms with E-state index in [1.54, 1.807) is 4.90 Å². The second-order valence-electron chi connectivity index (χ2n) is 7.84. The summed E-state index contributed by atoms with van der Waals surface area (Å²) in [6, 6.07) is 16.4. The minimum atomic E-state index is -0.240. The molecule has 1 atom stereocenters. The van der Waals surface area contributed by atoms with Crippen LogP contribution in [0.3, 0.4) is 0 Å². The van der Waals surface area contributed by atoms with Gasteiger partial charge in [-0.25, -0.2) is 0 Å². The van der Waals surface area contributed by atoms with Crippen molar-refractivity contribution in [3.8, 4) is 0 Å². The molecule has 5 nitrogen and oxygen atoms in total. The number of benzene rings is 2. The van der Waals surface area contributed by atoms with Gasteiger partial charge in [0.1, 0.15) is 0 Å². The topological polar surface area (TPSA) is 43.9 Å². The molecule has 2 amide bonds. The lowest BCUT2D eigenvalue weighted by atomic mass is 10.1. The minimum Gasteiger partial charge on any atom is -0.368 e. The van der Waals surface area contributed by atoms with Gasteiger partial charge in [0.05, 0.1) is 5.92 Å². The third-order valence-corrected chi connectivity index (χ3v) is 5.84. The normalized spacial score (nSPS) is 20.0. The number of rotatable bonds is 3. The molecule has 0 spiro atoms. The molecule has 0 N–H and O–H groups in total. The lowest BCUT2D eigenvalue weighted by Crippen LogP contribution is -2.50. The van der Waals surface area contributed by atoms with Gasteiger partial charge in [-0.05, 0) is 43.2 Å². The first-order valence-corrected chi connectivity index (χ1v) is 9.99. The lowest BCUT2D eigenvalue weighted by molar-refractivity contribution is -0.136. The van der Waals surface area contributed by atoms with E-state index in [1.165, 1.54) is 5.69 Å². The summed E-state index contributed by atoms with van der Waals surface area (Å²) in [5.41, 5.74) is 4.34. The highest BCUT2D eigenvalue weighted by Gasteiger charge is 2.38. The van der Waals surface area contributed by atoms with E-state index in [2.05, 4.69) is 17.0 Å². The van der Waals surface area contributed by atoms with Crippen molar-refractivity contribution >= 4 is 23.2 Å². The standard InChI is InChI=1S/C23H27N3O2/c1-17-8-9-18(2)21(14-17)26-16-19(15-22(26)27)23(28)25-12-10-24(11-13-25)20-6-4-3-5-7-20/h3-9,14,19H,10-13,15-16H2,1-2H3. The Kier molecular flexibility index (Phi) is 5.07. The molecule has 28 heavy (non-hydrogen) atoms. The molecular weight excluding hydrogens is 350 g/mol. The molecule has 4 rings (SSSR count). The average Bonchev–Trinajstić information content (AvgIpc) is 3.11. The highest BCUT2D eigenvalue weighted by molar-refractivity contribution is 6.00. The van der Waals surface area contributed by atoms with E-state index in [0.717, 1.165) is 29.9 Å². The molecule has 1 unspecified atom stereocenters. The van der Waals surface area contributed by atoms with E-state index in [4.69, 9.17) is 0 Å². The molecule has 0 bridgehead atoms. The SMILES string of the molecule is Cc1ccc(C)c(N2CC(C(=O)N3CCN(c4ccccc4)CC3)CC2=O)c1. The molecule has 0 radical (unpaired) electrons. The molecule has 2 aliphatic rings. The average molecular weight is 377 g/mol. The predicted octanol–water partition coefficient (Wildman–Crippen LogP) is 3.01. The van der Waals surface area contributed by atoms with Crippen LogP contribution in [0.15, 0.2) is 48.5 Å². The summed E-state index contributed by atoms with van der Waals surface area (Å²) in [5, 5.41) is 0. The van der Waals surface area contributed by atoms with Crippen molar-refractivity contribution in [1.82, 2.24) is 4.90 Å². The van der Waals surface area contributed by atoms with Crippen LogP contribution in [-0.2, 0) is 9.59 Å². The van der Waals surface area contributed by atoms with E-state index < -0.39 is 0 Å². The van der Waals surface area contributed by atoms with Crippen molar-refractivity contribution in [2.24, 2.45) is 5.92 Å². The Balaban J connectivity index is 1.40.